The minimum absolute atomic E-state index is 0.138. The van der Waals surface area contributed by atoms with Gasteiger partial charge in [-0.15, -0.1) is 0 Å². The molecule has 0 unspecified atom stereocenters. The molecule has 0 N–H and O–H groups in total. The molecule has 6 aromatic carbocycles. The number of ether oxygens (including phenoxy) is 4. The van der Waals surface area contributed by atoms with E-state index in [4.69, 9.17) is 18.9 Å². The lowest BCUT2D eigenvalue weighted by Crippen LogP contribution is -2.15. The van der Waals surface area contributed by atoms with Gasteiger partial charge in [0.25, 0.3) is 0 Å². The minimum atomic E-state index is -0.280. The van der Waals surface area contributed by atoms with Crippen molar-refractivity contribution in [2.45, 2.75) is 230 Å². The second-order valence-electron chi connectivity index (χ2n) is 25.5. The first kappa shape index (κ1) is 75.2. The molecule has 0 aromatic heterocycles. The lowest BCUT2D eigenvalue weighted by atomic mass is 9.81. The summed E-state index contributed by atoms with van der Waals surface area (Å²) in [5.41, 5.74) is 11.2. The van der Waals surface area contributed by atoms with Crippen molar-refractivity contribution < 1.29 is 38.1 Å². The van der Waals surface area contributed by atoms with Crippen molar-refractivity contribution in [3.8, 4) is 23.0 Å². The number of benzene rings is 6. The standard InChI is InChI=1S/3C13H18O2.C13H18O.C12H18O.C12H18/c3*1-5-13(3,4)11-6-8-12(9-7-11)15-10(2)14;1-5-13(3,4)12-8-6-7-11(9-12)10(2)14;1-5-12(2,3)10-7-6-8-11(9-10)13-4;1-5-12(3,4)11-8-6-7-10(2)9-11/h3*6-9H,5H2,1-4H3;6-9H,5H2,1-4H3;6-9H,5H2,1-4H3;6-9H,5H2,1-4H3. The number of hydrogen-bond acceptors (Lipinski definition) is 8. The van der Waals surface area contributed by atoms with Gasteiger partial charge in [0.05, 0.1) is 7.11 Å². The van der Waals surface area contributed by atoms with Crippen LogP contribution in [0.1, 0.15) is 240 Å². The second-order valence-corrected chi connectivity index (χ2v) is 25.5. The molecule has 460 valence electrons. The molecular formula is C76H108O8. The molecule has 0 saturated heterocycles. The maximum atomic E-state index is 11.2. The molecule has 0 aliphatic heterocycles. The predicted octanol–water partition coefficient (Wildman–Crippen LogP) is 20.5. The van der Waals surface area contributed by atoms with Gasteiger partial charge < -0.3 is 18.9 Å². The van der Waals surface area contributed by atoms with Crippen molar-refractivity contribution in [2.75, 3.05) is 7.11 Å². The Kier molecular flexibility index (Phi) is 31.2. The largest absolute Gasteiger partial charge is 0.497 e. The van der Waals surface area contributed by atoms with E-state index in [0.29, 0.717) is 22.7 Å². The maximum Gasteiger partial charge on any atom is 0.308 e. The van der Waals surface area contributed by atoms with Crippen LogP contribution in [0.4, 0.5) is 0 Å². The highest BCUT2D eigenvalue weighted by molar-refractivity contribution is 5.94. The Balaban J connectivity index is 0.000000505. The number of hydrogen-bond donors (Lipinski definition) is 0. The molecular weight excluding hydrogens is 1040 g/mol. The molecule has 6 rings (SSSR count). The van der Waals surface area contributed by atoms with E-state index >= 15 is 0 Å². The topological polar surface area (TPSA) is 105 Å². The number of esters is 3. The van der Waals surface area contributed by atoms with Crippen molar-refractivity contribution in [1.82, 2.24) is 0 Å². The first-order valence-electron chi connectivity index (χ1n) is 30.2. The van der Waals surface area contributed by atoms with E-state index in [1.54, 1.807) is 14.0 Å². The fourth-order valence-corrected chi connectivity index (χ4v) is 7.91. The van der Waals surface area contributed by atoms with Crippen molar-refractivity contribution in [3.05, 3.63) is 190 Å². The van der Waals surface area contributed by atoms with Gasteiger partial charge in [-0.25, -0.2) is 0 Å². The number of ketones is 1. The van der Waals surface area contributed by atoms with E-state index in [9.17, 15) is 19.2 Å². The highest BCUT2D eigenvalue weighted by atomic mass is 16.5. The Hall–Kier alpha value is -6.80. The summed E-state index contributed by atoms with van der Waals surface area (Å²) >= 11 is 0. The third kappa shape index (κ3) is 26.4. The van der Waals surface area contributed by atoms with Crippen molar-refractivity contribution >= 4 is 23.7 Å². The molecule has 0 bridgehead atoms. The lowest BCUT2D eigenvalue weighted by molar-refractivity contribution is -0.132. The average molecular weight is 1150 g/mol. The van der Waals surface area contributed by atoms with Gasteiger partial charge in [-0.1, -0.05) is 221 Å². The minimum Gasteiger partial charge on any atom is -0.497 e. The number of carbonyl (C=O) groups excluding carboxylic acids is 4. The Labute approximate surface area is 509 Å². The summed E-state index contributed by atoms with van der Waals surface area (Å²) in [5.74, 6) is 2.07. The van der Waals surface area contributed by atoms with Crippen LogP contribution in [0.25, 0.3) is 0 Å². The molecule has 0 heterocycles. The second kappa shape index (κ2) is 34.8. The van der Waals surface area contributed by atoms with E-state index in [0.717, 1.165) is 43.4 Å². The number of rotatable bonds is 17. The fraction of sp³-hybridized carbons (Fsp3) is 0.474. The van der Waals surface area contributed by atoms with Crippen LogP contribution in [0.5, 0.6) is 23.0 Å². The Morgan fingerprint density at radius 1 is 0.321 bits per heavy atom. The summed E-state index contributed by atoms with van der Waals surface area (Å²) in [6.07, 6.45) is 6.66. The van der Waals surface area contributed by atoms with E-state index in [1.165, 1.54) is 66.1 Å². The fourth-order valence-electron chi connectivity index (χ4n) is 7.91. The van der Waals surface area contributed by atoms with E-state index in [1.807, 2.05) is 103 Å². The van der Waals surface area contributed by atoms with Crippen molar-refractivity contribution in [3.63, 3.8) is 0 Å². The highest BCUT2D eigenvalue weighted by Crippen LogP contribution is 2.33. The average Bonchev–Trinajstić information content (AvgIpc) is 3.56. The molecule has 84 heavy (non-hydrogen) atoms. The highest BCUT2D eigenvalue weighted by Gasteiger charge is 2.22. The van der Waals surface area contributed by atoms with Crippen LogP contribution >= 0.6 is 0 Å². The van der Waals surface area contributed by atoms with Gasteiger partial charge in [-0.2, -0.15) is 0 Å². The summed E-state index contributed by atoms with van der Waals surface area (Å²) in [4.78, 5) is 43.4. The van der Waals surface area contributed by atoms with Crippen molar-refractivity contribution in [2.24, 2.45) is 0 Å². The molecule has 0 spiro atoms. The SMILES string of the molecule is CCC(C)(C)c1ccc(OC(C)=O)cc1.CCC(C)(C)c1ccc(OC(C)=O)cc1.CCC(C)(C)c1ccc(OC(C)=O)cc1.CCC(C)(C)c1cccc(C(C)=O)c1.CCC(C)(C)c1cccc(C)c1.CCC(C)(C)c1cccc(OC)c1. The number of carbonyl (C=O) groups is 4. The van der Waals surface area contributed by atoms with Gasteiger partial charge in [-0.3, -0.25) is 19.2 Å². The van der Waals surface area contributed by atoms with Crippen LogP contribution in [0.2, 0.25) is 0 Å². The van der Waals surface area contributed by atoms with E-state index in [2.05, 4.69) is 174 Å². The molecule has 0 aliphatic carbocycles. The predicted molar refractivity (Wildman–Crippen MR) is 354 cm³/mol. The zero-order chi connectivity index (χ0) is 64.3. The van der Waals surface area contributed by atoms with E-state index in [-0.39, 0.29) is 50.8 Å². The van der Waals surface area contributed by atoms with Crippen LogP contribution in [-0.2, 0) is 46.9 Å². The first-order valence-corrected chi connectivity index (χ1v) is 30.2. The molecule has 0 amide bonds. The third-order valence-corrected chi connectivity index (χ3v) is 16.7. The summed E-state index contributed by atoms with van der Waals surface area (Å²) < 4.78 is 20.1. The zero-order valence-electron chi connectivity index (χ0n) is 56.4. The number of aryl methyl sites for hydroxylation is 1. The summed E-state index contributed by atoms with van der Waals surface area (Å²) in [6, 6.07) is 48.2. The van der Waals surface area contributed by atoms with E-state index < -0.39 is 0 Å². The van der Waals surface area contributed by atoms with Crippen LogP contribution in [0, 0.1) is 6.92 Å². The first-order chi connectivity index (χ1) is 39.0. The van der Waals surface area contributed by atoms with Gasteiger partial charge in [0.1, 0.15) is 23.0 Å². The maximum absolute atomic E-state index is 11.2. The summed E-state index contributed by atoms with van der Waals surface area (Å²) in [7, 11) is 1.71. The number of Topliss-reactive ketones (excluding diaryl/α,β-unsaturated/α-hetero) is 1. The summed E-state index contributed by atoms with van der Waals surface area (Å²) in [6.45, 7) is 47.8. The van der Waals surface area contributed by atoms with Crippen LogP contribution < -0.4 is 18.9 Å². The molecule has 8 nitrogen and oxygen atoms in total. The smallest absolute Gasteiger partial charge is 0.308 e. The Morgan fingerprint density at radius 2 is 0.583 bits per heavy atom. The monoisotopic (exact) mass is 1150 g/mol. The van der Waals surface area contributed by atoms with Crippen LogP contribution in [0.3, 0.4) is 0 Å². The molecule has 0 radical (unpaired) electrons. The Morgan fingerprint density at radius 3 is 0.845 bits per heavy atom. The molecule has 8 heteroatoms. The zero-order valence-corrected chi connectivity index (χ0v) is 56.4. The van der Waals surface area contributed by atoms with Gasteiger partial charge in [0.15, 0.2) is 5.78 Å². The Bertz CT molecular complexity index is 2750. The molecule has 0 aliphatic rings. The molecule has 0 saturated carbocycles. The molecule has 6 aromatic rings. The quantitative estimate of drug-likeness (QED) is 0.0505. The van der Waals surface area contributed by atoms with Gasteiger partial charge >= 0.3 is 17.9 Å². The number of methoxy groups -OCH3 is 1. The molecule has 0 fully saturated rings. The lowest BCUT2D eigenvalue weighted by Gasteiger charge is -2.23. The van der Waals surface area contributed by atoms with Gasteiger partial charge in [-0.05, 0) is 173 Å². The van der Waals surface area contributed by atoms with Gasteiger partial charge in [0, 0.05) is 26.3 Å². The van der Waals surface area contributed by atoms with Crippen LogP contribution in [-0.4, -0.2) is 30.8 Å². The molecule has 0 atom stereocenters. The van der Waals surface area contributed by atoms with Crippen LogP contribution in [0.15, 0.2) is 146 Å². The summed E-state index contributed by atoms with van der Waals surface area (Å²) in [5, 5.41) is 0. The normalized spacial score (nSPS) is 11.3. The third-order valence-electron chi connectivity index (χ3n) is 16.7. The van der Waals surface area contributed by atoms with Gasteiger partial charge in [0.2, 0.25) is 0 Å². The van der Waals surface area contributed by atoms with Crippen molar-refractivity contribution in [1.29, 1.82) is 0 Å².